The zero-order valence-electron chi connectivity index (χ0n) is 10.5. The van der Waals surface area contributed by atoms with Gasteiger partial charge in [-0.25, -0.2) is 13.6 Å². The second-order valence-corrected chi connectivity index (χ2v) is 4.69. The van der Waals surface area contributed by atoms with E-state index in [0.29, 0.717) is 11.1 Å². The summed E-state index contributed by atoms with van der Waals surface area (Å²) in [6.07, 6.45) is -0.928. The van der Waals surface area contributed by atoms with Crippen LogP contribution in [0.5, 0.6) is 0 Å². The molecule has 0 heterocycles. The maximum Gasteiger partial charge on any atom is 0.337 e. The van der Waals surface area contributed by atoms with E-state index < -0.39 is 24.2 Å². The second kappa shape index (κ2) is 5.07. The summed E-state index contributed by atoms with van der Waals surface area (Å²) in [6, 6.07) is 6.05. The number of hydrogen-bond acceptors (Lipinski definition) is 3. The van der Waals surface area contributed by atoms with E-state index in [1.165, 1.54) is 31.4 Å². The summed E-state index contributed by atoms with van der Waals surface area (Å²) < 4.78 is 31.2. The van der Waals surface area contributed by atoms with Gasteiger partial charge < -0.3 is 4.74 Å². The monoisotopic (exact) mass is 268 g/mol. The van der Waals surface area contributed by atoms with E-state index in [-0.39, 0.29) is 18.6 Å². The van der Waals surface area contributed by atoms with Crippen molar-refractivity contribution >= 4 is 11.8 Å². The average Bonchev–Trinajstić information content (AvgIpc) is 2.41. The van der Waals surface area contributed by atoms with Gasteiger partial charge in [-0.1, -0.05) is 12.1 Å². The van der Waals surface area contributed by atoms with Crippen LogP contribution in [0.3, 0.4) is 0 Å². The maximum absolute atomic E-state index is 13.3. The van der Waals surface area contributed by atoms with Gasteiger partial charge in [0.1, 0.15) is 5.78 Å². The van der Waals surface area contributed by atoms with Gasteiger partial charge in [0.25, 0.3) is 0 Å². The van der Waals surface area contributed by atoms with Gasteiger partial charge in [0.15, 0.2) is 0 Å². The number of ketones is 1. The molecule has 1 unspecified atom stereocenters. The number of carbonyl (C=O) groups is 2. The Bertz CT molecular complexity index is 494. The molecule has 2 rings (SSSR count). The molecule has 1 aliphatic rings. The Morgan fingerprint density at radius 3 is 2.53 bits per heavy atom. The summed E-state index contributed by atoms with van der Waals surface area (Å²) in [5.41, 5.74) is 0.860. The number of ether oxygens (including phenoxy) is 1. The highest BCUT2D eigenvalue weighted by molar-refractivity contribution is 5.90. The lowest BCUT2D eigenvalue weighted by molar-refractivity contribution is -0.130. The van der Waals surface area contributed by atoms with E-state index >= 15 is 0 Å². The molecule has 1 fully saturated rings. The van der Waals surface area contributed by atoms with Crippen molar-refractivity contribution < 1.29 is 23.1 Å². The van der Waals surface area contributed by atoms with Crippen LogP contribution in [0.2, 0.25) is 0 Å². The molecule has 0 aromatic heterocycles. The number of halogens is 2. The van der Waals surface area contributed by atoms with Crippen molar-refractivity contribution in [3.63, 3.8) is 0 Å². The highest BCUT2D eigenvalue weighted by atomic mass is 19.3. The molecule has 0 amide bonds. The van der Waals surface area contributed by atoms with Gasteiger partial charge >= 0.3 is 5.97 Å². The zero-order valence-corrected chi connectivity index (χ0v) is 10.5. The Balaban J connectivity index is 2.21. The molecule has 0 bridgehead atoms. The topological polar surface area (TPSA) is 43.4 Å². The summed E-state index contributed by atoms with van der Waals surface area (Å²) in [7, 11) is 1.27. The van der Waals surface area contributed by atoms with Crippen molar-refractivity contribution in [3.8, 4) is 0 Å². The molecule has 1 saturated carbocycles. The average molecular weight is 268 g/mol. The molecule has 0 aliphatic heterocycles. The lowest BCUT2D eigenvalue weighted by Crippen LogP contribution is -2.31. The SMILES string of the molecule is COC(=O)c1ccc(C2CC(F)(F)CCC2=O)cc1. The highest BCUT2D eigenvalue weighted by Gasteiger charge is 2.41. The summed E-state index contributed by atoms with van der Waals surface area (Å²) in [6.45, 7) is 0. The first-order chi connectivity index (χ1) is 8.93. The van der Waals surface area contributed by atoms with Crippen molar-refractivity contribution in [1.82, 2.24) is 0 Å². The molecule has 102 valence electrons. The van der Waals surface area contributed by atoms with Crippen molar-refractivity contribution in [3.05, 3.63) is 35.4 Å². The number of methoxy groups -OCH3 is 1. The first kappa shape index (κ1) is 13.6. The fraction of sp³-hybridized carbons (Fsp3) is 0.429. The van der Waals surface area contributed by atoms with Gasteiger partial charge in [-0.05, 0) is 17.7 Å². The van der Waals surface area contributed by atoms with E-state index in [1.807, 2.05) is 0 Å². The number of rotatable bonds is 2. The molecule has 0 spiro atoms. The van der Waals surface area contributed by atoms with Crippen LogP contribution in [0.25, 0.3) is 0 Å². The van der Waals surface area contributed by atoms with E-state index in [2.05, 4.69) is 4.74 Å². The molecule has 19 heavy (non-hydrogen) atoms. The number of esters is 1. The van der Waals surface area contributed by atoms with E-state index in [0.717, 1.165) is 0 Å². The zero-order chi connectivity index (χ0) is 14.0. The van der Waals surface area contributed by atoms with Gasteiger partial charge in [-0.2, -0.15) is 0 Å². The van der Waals surface area contributed by atoms with Crippen LogP contribution in [0.15, 0.2) is 24.3 Å². The number of alkyl halides is 2. The molecule has 3 nitrogen and oxygen atoms in total. The van der Waals surface area contributed by atoms with Gasteiger partial charge in [-0.3, -0.25) is 4.79 Å². The summed E-state index contributed by atoms with van der Waals surface area (Å²) >= 11 is 0. The Labute approximate surface area is 109 Å². The third-order valence-corrected chi connectivity index (χ3v) is 3.36. The molecule has 5 heteroatoms. The van der Waals surface area contributed by atoms with E-state index in [1.54, 1.807) is 0 Å². The molecule has 1 aliphatic carbocycles. The van der Waals surface area contributed by atoms with Gasteiger partial charge in [0, 0.05) is 25.2 Å². The maximum atomic E-state index is 13.3. The molecule has 1 atom stereocenters. The lowest BCUT2D eigenvalue weighted by Gasteiger charge is -2.28. The van der Waals surface area contributed by atoms with Crippen LogP contribution in [0, 0.1) is 0 Å². The Morgan fingerprint density at radius 2 is 1.95 bits per heavy atom. The van der Waals surface area contributed by atoms with Gasteiger partial charge in [-0.15, -0.1) is 0 Å². The third-order valence-electron chi connectivity index (χ3n) is 3.36. The largest absolute Gasteiger partial charge is 0.465 e. The fourth-order valence-corrected chi connectivity index (χ4v) is 2.27. The molecule has 1 aromatic carbocycles. The molecular weight excluding hydrogens is 254 g/mol. The number of hydrogen-bond donors (Lipinski definition) is 0. The predicted molar refractivity (Wildman–Crippen MR) is 64.3 cm³/mol. The second-order valence-electron chi connectivity index (χ2n) is 4.69. The molecule has 0 N–H and O–H groups in total. The number of Topliss-reactive ketones (excluding diaryl/α,β-unsaturated/α-hetero) is 1. The molecule has 0 radical (unpaired) electrons. The number of benzene rings is 1. The van der Waals surface area contributed by atoms with Crippen LogP contribution >= 0.6 is 0 Å². The summed E-state index contributed by atoms with van der Waals surface area (Å²) in [5.74, 6) is -4.24. The first-order valence-corrected chi connectivity index (χ1v) is 6.02. The minimum atomic E-state index is -2.79. The smallest absolute Gasteiger partial charge is 0.337 e. The molecule has 0 saturated heterocycles. The predicted octanol–water partition coefficient (Wildman–Crippen LogP) is 2.95. The Kier molecular flexibility index (Phi) is 3.64. The quantitative estimate of drug-likeness (QED) is 0.774. The van der Waals surface area contributed by atoms with E-state index in [9.17, 15) is 18.4 Å². The van der Waals surface area contributed by atoms with Crippen LogP contribution in [0.1, 0.15) is 41.1 Å². The lowest BCUT2D eigenvalue weighted by atomic mass is 9.81. The minimum Gasteiger partial charge on any atom is -0.465 e. The van der Waals surface area contributed by atoms with Crippen LogP contribution in [0.4, 0.5) is 8.78 Å². The molecule has 1 aromatic rings. The van der Waals surface area contributed by atoms with Crippen molar-refractivity contribution in [1.29, 1.82) is 0 Å². The minimum absolute atomic E-state index is 0.101. The third kappa shape index (κ3) is 2.97. The van der Waals surface area contributed by atoms with Crippen LogP contribution in [-0.4, -0.2) is 24.8 Å². The number of carbonyl (C=O) groups excluding carboxylic acids is 2. The fourth-order valence-electron chi connectivity index (χ4n) is 2.27. The first-order valence-electron chi connectivity index (χ1n) is 6.02. The van der Waals surface area contributed by atoms with Crippen molar-refractivity contribution in [2.75, 3.05) is 7.11 Å². The van der Waals surface area contributed by atoms with Crippen LogP contribution < -0.4 is 0 Å². The standard InChI is InChI=1S/C14H14F2O3/c1-19-13(18)10-4-2-9(3-5-10)11-8-14(15,16)7-6-12(11)17/h2-5,11H,6-8H2,1H3. The van der Waals surface area contributed by atoms with Crippen LogP contribution in [-0.2, 0) is 9.53 Å². The normalized spacial score (nSPS) is 22.1. The van der Waals surface area contributed by atoms with E-state index in [4.69, 9.17) is 0 Å². The Morgan fingerprint density at radius 1 is 1.32 bits per heavy atom. The van der Waals surface area contributed by atoms with Crippen molar-refractivity contribution in [2.24, 2.45) is 0 Å². The molecular formula is C14H14F2O3. The highest BCUT2D eigenvalue weighted by Crippen LogP contribution is 2.39. The Hall–Kier alpha value is -1.78. The van der Waals surface area contributed by atoms with Crippen molar-refractivity contribution in [2.45, 2.75) is 31.1 Å². The van der Waals surface area contributed by atoms with Gasteiger partial charge in [0.05, 0.1) is 12.7 Å². The summed E-state index contributed by atoms with van der Waals surface area (Å²) in [4.78, 5) is 23.0. The van der Waals surface area contributed by atoms with Gasteiger partial charge in [0.2, 0.25) is 5.92 Å². The summed E-state index contributed by atoms with van der Waals surface area (Å²) in [5, 5.41) is 0.